The topological polar surface area (TPSA) is 53.2 Å². The van der Waals surface area contributed by atoms with Gasteiger partial charge < -0.3 is 16.0 Å². The van der Waals surface area contributed by atoms with E-state index in [0.717, 1.165) is 32.4 Å². The number of amides is 2. The Hall–Kier alpha value is -1.62. The molecular formula is C14H20FN3O. The maximum Gasteiger partial charge on any atom is 0.315 e. The van der Waals surface area contributed by atoms with Gasteiger partial charge in [0.15, 0.2) is 0 Å². The molecule has 4 nitrogen and oxygen atoms in total. The van der Waals surface area contributed by atoms with Crippen LogP contribution >= 0.6 is 0 Å². The molecule has 1 aliphatic rings. The highest BCUT2D eigenvalue weighted by molar-refractivity contribution is 5.74. The van der Waals surface area contributed by atoms with Gasteiger partial charge in [-0.25, -0.2) is 9.18 Å². The lowest BCUT2D eigenvalue weighted by atomic mass is 10.1. The van der Waals surface area contributed by atoms with Crippen molar-refractivity contribution >= 4 is 6.03 Å². The first kappa shape index (κ1) is 13.8. The van der Waals surface area contributed by atoms with Crippen LogP contribution in [0.2, 0.25) is 0 Å². The second-order valence-corrected chi connectivity index (χ2v) is 4.82. The largest absolute Gasteiger partial charge is 0.334 e. The molecule has 1 atom stereocenters. The van der Waals surface area contributed by atoms with Gasteiger partial charge in [0, 0.05) is 24.7 Å². The summed E-state index contributed by atoms with van der Waals surface area (Å²) in [6.07, 6.45) is 3.25. The third kappa shape index (κ3) is 4.52. The summed E-state index contributed by atoms with van der Waals surface area (Å²) in [6, 6.07) is 6.37. The molecule has 104 valence electrons. The van der Waals surface area contributed by atoms with Crippen molar-refractivity contribution in [3.8, 4) is 0 Å². The molecular weight excluding hydrogens is 245 g/mol. The average Bonchev–Trinajstić information content (AvgIpc) is 2.66. The molecule has 5 heteroatoms. The van der Waals surface area contributed by atoms with Crippen LogP contribution in [0.4, 0.5) is 9.18 Å². The van der Waals surface area contributed by atoms with Gasteiger partial charge in [-0.3, -0.25) is 0 Å². The van der Waals surface area contributed by atoms with Crippen LogP contribution in [0.1, 0.15) is 24.8 Å². The Morgan fingerprint density at radius 2 is 2.21 bits per heavy atom. The molecule has 1 saturated heterocycles. The SMILES string of the molecule is O=C(NCc1ccccc1F)NC1CCCCNC1. The van der Waals surface area contributed by atoms with Crippen LogP contribution in [0.25, 0.3) is 0 Å². The molecule has 1 heterocycles. The van der Waals surface area contributed by atoms with Gasteiger partial charge >= 0.3 is 6.03 Å². The highest BCUT2D eigenvalue weighted by Crippen LogP contribution is 2.06. The molecule has 1 aromatic carbocycles. The van der Waals surface area contributed by atoms with Gasteiger partial charge in [0.25, 0.3) is 0 Å². The average molecular weight is 265 g/mol. The van der Waals surface area contributed by atoms with E-state index in [0.29, 0.717) is 5.56 Å². The number of halogens is 1. The summed E-state index contributed by atoms with van der Waals surface area (Å²) in [7, 11) is 0. The minimum absolute atomic E-state index is 0.156. The zero-order chi connectivity index (χ0) is 13.5. The van der Waals surface area contributed by atoms with Crippen molar-refractivity contribution in [3.05, 3.63) is 35.6 Å². The molecule has 0 saturated carbocycles. The predicted octanol–water partition coefficient (Wildman–Crippen LogP) is 1.77. The lowest BCUT2D eigenvalue weighted by Gasteiger charge is -2.17. The Balaban J connectivity index is 1.76. The molecule has 1 aromatic rings. The molecule has 1 unspecified atom stereocenters. The molecule has 3 N–H and O–H groups in total. The first-order valence-electron chi connectivity index (χ1n) is 6.74. The van der Waals surface area contributed by atoms with E-state index in [2.05, 4.69) is 16.0 Å². The van der Waals surface area contributed by atoms with E-state index in [4.69, 9.17) is 0 Å². The third-order valence-corrected chi connectivity index (χ3v) is 3.28. The van der Waals surface area contributed by atoms with Crippen molar-refractivity contribution in [2.45, 2.75) is 31.8 Å². The lowest BCUT2D eigenvalue weighted by Crippen LogP contribution is -2.45. The minimum Gasteiger partial charge on any atom is -0.334 e. The molecule has 19 heavy (non-hydrogen) atoms. The number of carbonyl (C=O) groups is 1. The molecule has 1 aliphatic heterocycles. The minimum atomic E-state index is -0.293. The summed E-state index contributed by atoms with van der Waals surface area (Å²) in [4.78, 5) is 11.7. The first-order valence-corrected chi connectivity index (χ1v) is 6.74. The standard InChI is InChI=1S/C14H20FN3O/c15-13-7-2-1-5-11(13)9-17-14(19)18-12-6-3-4-8-16-10-12/h1-2,5,7,12,16H,3-4,6,8-10H2,(H2,17,18,19). The fourth-order valence-corrected chi connectivity index (χ4v) is 2.20. The van der Waals surface area contributed by atoms with Crippen molar-refractivity contribution in [2.75, 3.05) is 13.1 Å². The van der Waals surface area contributed by atoms with E-state index < -0.39 is 0 Å². The van der Waals surface area contributed by atoms with Crippen LogP contribution in [0.15, 0.2) is 24.3 Å². The molecule has 1 fully saturated rings. The van der Waals surface area contributed by atoms with Crippen molar-refractivity contribution in [3.63, 3.8) is 0 Å². The number of carbonyl (C=O) groups excluding carboxylic acids is 1. The van der Waals surface area contributed by atoms with Crippen LogP contribution in [-0.4, -0.2) is 25.2 Å². The quantitative estimate of drug-likeness (QED) is 0.780. The number of hydrogen-bond acceptors (Lipinski definition) is 2. The van der Waals surface area contributed by atoms with Gasteiger partial charge in [-0.1, -0.05) is 24.6 Å². The van der Waals surface area contributed by atoms with Gasteiger partial charge in [-0.2, -0.15) is 0 Å². The highest BCUT2D eigenvalue weighted by Gasteiger charge is 2.14. The molecule has 2 amide bonds. The smallest absolute Gasteiger partial charge is 0.315 e. The third-order valence-electron chi connectivity index (χ3n) is 3.28. The van der Waals surface area contributed by atoms with Gasteiger partial charge in [-0.05, 0) is 25.5 Å². The van der Waals surface area contributed by atoms with E-state index in [9.17, 15) is 9.18 Å². The van der Waals surface area contributed by atoms with Crippen molar-refractivity contribution in [1.82, 2.24) is 16.0 Å². The first-order chi connectivity index (χ1) is 9.25. The van der Waals surface area contributed by atoms with E-state index >= 15 is 0 Å². The van der Waals surface area contributed by atoms with Crippen LogP contribution < -0.4 is 16.0 Å². The number of benzene rings is 1. The summed E-state index contributed by atoms with van der Waals surface area (Å²) in [6.45, 7) is 2.01. The zero-order valence-electron chi connectivity index (χ0n) is 10.9. The van der Waals surface area contributed by atoms with Gasteiger partial charge in [-0.15, -0.1) is 0 Å². The molecule has 0 bridgehead atoms. The van der Waals surface area contributed by atoms with Crippen LogP contribution in [0.3, 0.4) is 0 Å². The van der Waals surface area contributed by atoms with Crippen LogP contribution in [-0.2, 0) is 6.54 Å². The lowest BCUT2D eigenvalue weighted by molar-refractivity contribution is 0.235. The zero-order valence-corrected chi connectivity index (χ0v) is 10.9. The van der Waals surface area contributed by atoms with E-state index in [1.165, 1.54) is 6.07 Å². The Bertz CT molecular complexity index is 417. The summed E-state index contributed by atoms with van der Waals surface area (Å²) < 4.78 is 13.4. The maximum absolute atomic E-state index is 13.4. The fraction of sp³-hybridized carbons (Fsp3) is 0.500. The molecule has 0 aliphatic carbocycles. The molecule has 2 rings (SSSR count). The molecule has 0 aromatic heterocycles. The summed E-state index contributed by atoms with van der Waals surface area (Å²) in [5.74, 6) is -0.293. The van der Waals surface area contributed by atoms with Gasteiger partial charge in [0.2, 0.25) is 0 Å². The normalized spacial score (nSPS) is 19.5. The second kappa shape index (κ2) is 7.09. The van der Waals surface area contributed by atoms with Gasteiger partial charge in [0.05, 0.1) is 0 Å². The van der Waals surface area contributed by atoms with Crippen molar-refractivity contribution < 1.29 is 9.18 Å². The van der Waals surface area contributed by atoms with E-state index in [1.54, 1.807) is 18.2 Å². The Morgan fingerprint density at radius 1 is 1.37 bits per heavy atom. The van der Waals surface area contributed by atoms with Crippen LogP contribution in [0, 0.1) is 5.82 Å². The van der Waals surface area contributed by atoms with Crippen molar-refractivity contribution in [1.29, 1.82) is 0 Å². The van der Waals surface area contributed by atoms with E-state index in [1.807, 2.05) is 0 Å². The summed E-state index contributed by atoms with van der Waals surface area (Å²) in [5.41, 5.74) is 0.497. The molecule has 0 radical (unpaired) electrons. The Morgan fingerprint density at radius 3 is 3.05 bits per heavy atom. The highest BCUT2D eigenvalue weighted by atomic mass is 19.1. The number of hydrogen-bond donors (Lipinski definition) is 3. The number of urea groups is 1. The van der Waals surface area contributed by atoms with Crippen molar-refractivity contribution in [2.24, 2.45) is 0 Å². The molecule has 0 spiro atoms. The van der Waals surface area contributed by atoms with Gasteiger partial charge in [0.1, 0.15) is 5.82 Å². The monoisotopic (exact) mass is 265 g/mol. The Kier molecular flexibility index (Phi) is 5.15. The van der Waals surface area contributed by atoms with E-state index in [-0.39, 0.29) is 24.4 Å². The Labute approximate surface area is 112 Å². The number of nitrogens with one attached hydrogen (secondary N) is 3. The number of rotatable bonds is 3. The fourth-order valence-electron chi connectivity index (χ4n) is 2.20. The predicted molar refractivity (Wildman–Crippen MR) is 72.3 cm³/mol. The van der Waals surface area contributed by atoms with Crippen LogP contribution in [0.5, 0.6) is 0 Å². The summed E-state index contributed by atoms with van der Waals surface area (Å²) in [5, 5.41) is 8.89. The second-order valence-electron chi connectivity index (χ2n) is 4.82. The summed E-state index contributed by atoms with van der Waals surface area (Å²) >= 11 is 0. The maximum atomic E-state index is 13.4.